The first-order valence-corrected chi connectivity index (χ1v) is 6.39. The molecule has 3 aromatic heterocycles. The number of hydrogen-bond acceptors (Lipinski definition) is 4. The maximum atomic E-state index is 5.20. The Morgan fingerprint density at radius 2 is 2.05 bits per heavy atom. The number of hydrogen-bond donors (Lipinski definition) is 0. The minimum Gasteiger partial charge on any atom is -0.472 e. The van der Waals surface area contributed by atoms with E-state index in [-0.39, 0.29) is 0 Å². The summed E-state index contributed by atoms with van der Waals surface area (Å²) in [7, 11) is 0. The molecule has 0 saturated carbocycles. The molecule has 0 unspecified atom stereocenters. The van der Waals surface area contributed by atoms with Crippen LogP contribution in [0.25, 0.3) is 11.1 Å². The molecule has 4 rings (SSSR count). The molecule has 0 N–H and O–H groups in total. The second kappa shape index (κ2) is 4.42. The Kier molecular flexibility index (Phi) is 2.45. The van der Waals surface area contributed by atoms with Gasteiger partial charge in [-0.2, -0.15) is 0 Å². The fourth-order valence-corrected chi connectivity index (χ4v) is 2.52. The van der Waals surface area contributed by atoms with E-state index < -0.39 is 0 Å². The molecule has 20 heavy (non-hydrogen) atoms. The Morgan fingerprint density at radius 1 is 1.05 bits per heavy atom. The van der Waals surface area contributed by atoms with E-state index in [0.29, 0.717) is 6.54 Å². The Morgan fingerprint density at radius 3 is 2.85 bits per heavy atom. The van der Waals surface area contributed by atoms with Crippen LogP contribution in [-0.2, 0) is 6.54 Å². The van der Waals surface area contributed by atoms with Crippen molar-refractivity contribution in [2.75, 3.05) is 0 Å². The highest BCUT2D eigenvalue weighted by Crippen LogP contribution is 2.31. The molecule has 3 aromatic rings. The first-order valence-electron chi connectivity index (χ1n) is 6.39. The van der Waals surface area contributed by atoms with E-state index in [9.17, 15) is 0 Å². The topological polar surface area (TPSA) is 51.3 Å². The highest BCUT2D eigenvalue weighted by molar-refractivity contribution is 6.18. The van der Waals surface area contributed by atoms with Gasteiger partial charge in [0.1, 0.15) is 0 Å². The molecule has 0 atom stereocenters. The zero-order valence-corrected chi connectivity index (χ0v) is 10.7. The lowest BCUT2D eigenvalue weighted by Crippen LogP contribution is -2.04. The molecule has 4 heterocycles. The van der Waals surface area contributed by atoms with Crippen LogP contribution in [-0.4, -0.2) is 15.7 Å². The van der Waals surface area contributed by atoms with Gasteiger partial charge in [-0.25, -0.2) is 0 Å². The first kappa shape index (κ1) is 11.1. The SMILES string of the molecule is c1cncc(C2=NCc3nccc(-c4ccoc4)c32)c1. The van der Waals surface area contributed by atoms with E-state index in [4.69, 9.17) is 4.42 Å². The number of pyridine rings is 2. The third-order valence-corrected chi connectivity index (χ3v) is 3.42. The van der Waals surface area contributed by atoms with Crippen LogP contribution in [0.5, 0.6) is 0 Å². The molecule has 0 aromatic carbocycles. The summed E-state index contributed by atoms with van der Waals surface area (Å²) in [5.41, 5.74) is 6.21. The zero-order valence-electron chi connectivity index (χ0n) is 10.7. The number of aliphatic imine (C=N–C) groups is 1. The molecule has 4 heteroatoms. The third kappa shape index (κ3) is 1.66. The number of fused-ring (bicyclic) bond motifs is 1. The second-order valence-electron chi connectivity index (χ2n) is 4.60. The van der Waals surface area contributed by atoms with E-state index >= 15 is 0 Å². The van der Waals surface area contributed by atoms with Crippen molar-refractivity contribution < 1.29 is 4.42 Å². The molecular weight excluding hydrogens is 250 g/mol. The van der Waals surface area contributed by atoms with Crippen molar-refractivity contribution in [1.29, 1.82) is 0 Å². The highest BCUT2D eigenvalue weighted by atomic mass is 16.3. The summed E-state index contributed by atoms with van der Waals surface area (Å²) in [5.74, 6) is 0. The summed E-state index contributed by atoms with van der Waals surface area (Å²) in [6.45, 7) is 0.616. The molecule has 4 nitrogen and oxygen atoms in total. The normalized spacial score (nSPS) is 13.1. The fourth-order valence-electron chi connectivity index (χ4n) is 2.52. The van der Waals surface area contributed by atoms with Gasteiger partial charge >= 0.3 is 0 Å². The number of rotatable bonds is 2. The quantitative estimate of drug-likeness (QED) is 0.712. The lowest BCUT2D eigenvalue weighted by Gasteiger charge is -2.08. The molecule has 0 fully saturated rings. The Balaban J connectivity index is 1.92. The van der Waals surface area contributed by atoms with Crippen molar-refractivity contribution in [3.8, 4) is 11.1 Å². The van der Waals surface area contributed by atoms with Crippen LogP contribution >= 0.6 is 0 Å². The van der Waals surface area contributed by atoms with Gasteiger partial charge in [0.15, 0.2) is 0 Å². The molecule has 0 radical (unpaired) electrons. The lowest BCUT2D eigenvalue weighted by molar-refractivity contribution is 0.568. The Labute approximate surface area is 115 Å². The average molecular weight is 261 g/mol. The largest absolute Gasteiger partial charge is 0.472 e. The van der Waals surface area contributed by atoms with E-state index in [1.54, 1.807) is 18.7 Å². The third-order valence-electron chi connectivity index (χ3n) is 3.42. The lowest BCUT2D eigenvalue weighted by atomic mass is 9.96. The van der Waals surface area contributed by atoms with E-state index in [2.05, 4.69) is 15.0 Å². The van der Waals surface area contributed by atoms with Crippen LogP contribution in [0.4, 0.5) is 0 Å². The molecule has 0 aliphatic carbocycles. The van der Waals surface area contributed by atoms with Gasteiger partial charge in [-0.1, -0.05) is 0 Å². The molecule has 0 saturated heterocycles. The average Bonchev–Trinajstić information content (AvgIpc) is 3.17. The molecule has 0 bridgehead atoms. The molecule has 0 amide bonds. The monoisotopic (exact) mass is 261 g/mol. The minimum atomic E-state index is 0.616. The highest BCUT2D eigenvalue weighted by Gasteiger charge is 2.23. The predicted molar refractivity (Wildman–Crippen MR) is 75.5 cm³/mol. The van der Waals surface area contributed by atoms with E-state index in [1.807, 2.05) is 36.7 Å². The van der Waals surface area contributed by atoms with Gasteiger partial charge in [0.2, 0.25) is 0 Å². The molecular formula is C16H11N3O. The van der Waals surface area contributed by atoms with Crippen LogP contribution < -0.4 is 0 Å². The predicted octanol–water partition coefficient (Wildman–Crippen LogP) is 3.09. The van der Waals surface area contributed by atoms with Crippen LogP contribution in [0.1, 0.15) is 16.8 Å². The fraction of sp³-hybridized carbons (Fsp3) is 0.0625. The minimum absolute atomic E-state index is 0.616. The van der Waals surface area contributed by atoms with Crippen molar-refractivity contribution in [1.82, 2.24) is 9.97 Å². The van der Waals surface area contributed by atoms with Crippen LogP contribution in [0.3, 0.4) is 0 Å². The number of nitrogens with zero attached hydrogens (tertiary/aromatic N) is 3. The standard InChI is InChI=1S/C16H11N3O/c1-2-11(8-17-5-1)16-15-13(12-4-7-20-10-12)3-6-18-14(15)9-19-16/h1-8,10H,9H2. The van der Waals surface area contributed by atoms with Crippen molar-refractivity contribution >= 4 is 5.71 Å². The summed E-state index contributed by atoms with van der Waals surface area (Å²) in [6, 6.07) is 7.90. The Hall–Kier alpha value is -2.75. The van der Waals surface area contributed by atoms with Gasteiger partial charge in [-0.05, 0) is 29.8 Å². The number of aromatic nitrogens is 2. The number of furan rings is 1. The van der Waals surface area contributed by atoms with Crippen LogP contribution in [0, 0.1) is 0 Å². The van der Waals surface area contributed by atoms with Crippen LogP contribution in [0.2, 0.25) is 0 Å². The summed E-state index contributed by atoms with van der Waals surface area (Å²) in [5, 5.41) is 0. The maximum Gasteiger partial charge on any atom is 0.0981 e. The maximum absolute atomic E-state index is 5.20. The van der Waals surface area contributed by atoms with Gasteiger partial charge in [-0.15, -0.1) is 0 Å². The van der Waals surface area contributed by atoms with Gasteiger partial charge in [0, 0.05) is 35.3 Å². The molecule has 0 spiro atoms. The molecule has 1 aliphatic heterocycles. The summed E-state index contributed by atoms with van der Waals surface area (Å²) >= 11 is 0. The summed E-state index contributed by atoms with van der Waals surface area (Å²) < 4.78 is 5.20. The van der Waals surface area contributed by atoms with Crippen LogP contribution in [0.15, 0.2) is 64.8 Å². The Bertz CT molecular complexity index is 777. The van der Waals surface area contributed by atoms with E-state index in [0.717, 1.165) is 33.7 Å². The van der Waals surface area contributed by atoms with Gasteiger partial charge in [0.05, 0.1) is 30.5 Å². The van der Waals surface area contributed by atoms with Gasteiger partial charge in [0.25, 0.3) is 0 Å². The van der Waals surface area contributed by atoms with Crippen molar-refractivity contribution in [3.05, 3.63) is 72.2 Å². The van der Waals surface area contributed by atoms with Crippen molar-refractivity contribution in [2.45, 2.75) is 6.54 Å². The van der Waals surface area contributed by atoms with Crippen molar-refractivity contribution in [2.24, 2.45) is 4.99 Å². The van der Waals surface area contributed by atoms with Gasteiger partial charge in [-0.3, -0.25) is 15.0 Å². The first-order chi connectivity index (χ1) is 9.93. The smallest absolute Gasteiger partial charge is 0.0981 e. The molecule has 1 aliphatic rings. The summed E-state index contributed by atoms with van der Waals surface area (Å²) in [4.78, 5) is 13.2. The summed E-state index contributed by atoms with van der Waals surface area (Å²) in [6.07, 6.45) is 8.84. The zero-order chi connectivity index (χ0) is 13.4. The van der Waals surface area contributed by atoms with Gasteiger partial charge < -0.3 is 4.42 Å². The van der Waals surface area contributed by atoms with Crippen molar-refractivity contribution in [3.63, 3.8) is 0 Å². The second-order valence-corrected chi connectivity index (χ2v) is 4.60. The molecule has 96 valence electrons. The van der Waals surface area contributed by atoms with E-state index in [1.165, 1.54) is 0 Å².